The van der Waals surface area contributed by atoms with E-state index in [4.69, 9.17) is 0 Å². The van der Waals surface area contributed by atoms with Crippen molar-refractivity contribution >= 4 is 0 Å². The molecule has 0 atom stereocenters. The molecule has 1 aliphatic rings. The molecule has 0 aromatic rings. The SMILES string of the molecule is CCCCC(CCCC)[NH+]1CC[NH2+]CC1. The van der Waals surface area contributed by atoms with Gasteiger partial charge < -0.3 is 10.2 Å². The van der Waals surface area contributed by atoms with Gasteiger partial charge in [-0.25, -0.2) is 0 Å². The molecule has 90 valence electrons. The molecule has 1 rings (SSSR count). The van der Waals surface area contributed by atoms with Crippen molar-refractivity contribution in [1.29, 1.82) is 0 Å². The van der Waals surface area contributed by atoms with Gasteiger partial charge in [-0.2, -0.15) is 0 Å². The van der Waals surface area contributed by atoms with Crippen molar-refractivity contribution in [1.82, 2.24) is 0 Å². The molecule has 2 heteroatoms. The van der Waals surface area contributed by atoms with Gasteiger partial charge in [0.15, 0.2) is 0 Å². The van der Waals surface area contributed by atoms with Crippen molar-refractivity contribution in [2.24, 2.45) is 0 Å². The topological polar surface area (TPSA) is 21.1 Å². The van der Waals surface area contributed by atoms with E-state index in [1.165, 1.54) is 64.7 Å². The molecule has 0 unspecified atom stereocenters. The Hall–Kier alpha value is -0.0800. The number of piperazine rings is 1. The Balaban J connectivity index is 2.30. The first-order valence-corrected chi connectivity index (χ1v) is 7.04. The zero-order valence-corrected chi connectivity index (χ0v) is 10.7. The number of quaternary nitrogens is 2. The van der Waals surface area contributed by atoms with Crippen LogP contribution in [-0.2, 0) is 0 Å². The zero-order valence-electron chi connectivity index (χ0n) is 10.7. The third kappa shape index (κ3) is 4.98. The Bertz CT molecular complexity index is 133. The Morgan fingerprint density at radius 3 is 2.00 bits per heavy atom. The molecule has 0 aromatic carbocycles. The molecular weight excluding hydrogens is 184 g/mol. The molecule has 0 aromatic heterocycles. The molecule has 2 nitrogen and oxygen atoms in total. The van der Waals surface area contributed by atoms with Gasteiger partial charge in [-0.3, -0.25) is 0 Å². The number of rotatable bonds is 7. The van der Waals surface area contributed by atoms with Crippen molar-refractivity contribution in [2.75, 3.05) is 26.2 Å². The number of hydrogen-bond acceptors (Lipinski definition) is 0. The van der Waals surface area contributed by atoms with E-state index in [-0.39, 0.29) is 0 Å². The summed E-state index contributed by atoms with van der Waals surface area (Å²) in [6, 6.07) is 0.971. The number of hydrogen-bond donors (Lipinski definition) is 2. The Kier molecular flexibility index (Phi) is 7.03. The molecule has 1 fully saturated rings. The van der Waals surface area contributed by atoms with Crippen LogP contribution in [0.5, 0.6) is 0 Å². The first-order chi connectivity index (χ1) is 7.38. The standard InChI is InChI=1S/C13H28N2/c1-3-5-7-13(8-6-4-2)15-11-9-14-10-12-15/h13-14H,3-12H2,1-2H3/p+2. The predicted octanol–water partition coefficient (Wildman–Crippen LogP) is 0.197. The van der Waals surface area contributed by atoms with Crippen molar-refractivity contribution in [3.8, 4) is 0 Å². The fourth-order valence-corrected chi connectivity index (χ4v) is 2.71. The van der Waals surface area contributed by atoms with Crippen LogP contribution in [0.15, 0.2) is 0 Å². The largest absolute Gasteiger partial charge is 0.337 e. The molecular formula is C13H30N2+2. The van der Waals surface area contributed by atoms with Crippen LogP contribution in [0.1, 0.15) is 52.4 Å². The maximum Gasteiger partial charge on any atom is 0.127 e. The molecule has 0 radical (unpaired) electrons. The van der Waals surface area contributed by atoms with E-state index in [0.717, 1.165) is 6.04 Å². The summed E-state index contributed by atoms with van der Waals surface area (Å²) in [5.41, 5.74) is 0. The van der Waals surface area contributed by atoms with Crippen LogP contribution in [-0.4, -0.2) is 32.2 Å². The summed E-state index contributed by atoms with van der Waals surface area (Å²) >= 11 is 0. The van der Waals surface area contributed by atoms with Gasteiger partial charge in [0.1, 0.15) is 26.2 Å². The second-order valence-electron chi connectivity index (χ2n) is 5.01. The summed E-state index contributed by atoms with van der Waals surface area (Å²) in [5.74, 6) is 0. The lowest BCUT2D eigenvalue weighted by Gasteiger charge is -2.30. The van der Waals surface area contributed by atoms with Crippen LogP contribution in [0.3, 0.4) is 0 Å². The van der Waals surface area contributed by atoms with Gasteiger partial charge in [0, 0.05) is 0 Å². The molecule has 1 aliphatic heterocycles. The lowest BCUT2D eigenvalue weighted by atomic mass is 10.0. The van der Waals surface area contributed by atoms with Crippen molar-refractivity contribution in [2.45, 2.75) is 58.4 Å². The Morgan fingerprint density at radius 1 is 1.00 bits per heavy atom. The highest BCUT2D eigenvalue weighted by Crippen LogP contribution is 2.06. The highest BCUT2D eigenvalue weighted by atomic mass is 15.2. The summed E-state index contributed by atoms with van der Waals surface area (Å²) in [4.78, 5) is 1.90. The summed E-state index contributed by atoms with van der Waals surface area (Å²) < 4.78 is 0. The van der Waals surface area contributed by atoms with Gasteiger partial charge in [0.25, 0.3) is 0 Å². The van der Waals surface area contributed by atoms with Crippen molar-refractivity contribution < 1.29 is 10.2 Å². The van der Waals surface area contributed by atoms with Crippen LogP contribution in [0.25, 0.3) is 0 Å². The monoisotopic (exact) mass is 214 g/mol. The van der Waals surface area contributed by atoms with Crippen LogP contribution in [0.2, 0.25) is 0 Å². The highest BCUT2D eigenvalue weighted by molar-refractivity contribution is 4.57. The minimum atomic E-state index is 0.971. The van der Waals surface area contributed by atoms with Crippen LogP contribution in [0.4, 0.5) is 0 Å². The van der Waals surface area contributed by atoms with E-state index in [0.29, 0.717) is 0 Å². The van der Waals surface area contributed by atoms with E-state index in [9.17, 15) is 0 Å². The quantitative estimate of drug-likeness (QED) is 0.604. The Labute approximate surface area is 95.4 Å². The maximum atomic E-state index is 2.47. The third-order valence-corrected chi connectivity index (χ3v) is 3.73. The molecule has 0 saturated carbocycles. The molecule has 0 bridgehead atoms. The minimum absolute atomic E-state index is 0.971. The van der Waals surface area contributed by atoms with Crippen LogP contribution >= 0.6 is 0 Å². The van der Waals surface area contributed by atoms with E-state index in [2.05, 4.69) is 19.2 Å². The van der Waals surface area contributed by atoms with E-state index >= 15 is 0 Å². The number of nitrogens with two attached hydrogens (primary N) is 1. The summed E-state index contributed by atoms with van der Waals surface area (Å²) in [6.45, 7) is 10.1. The van der Waals surface area contributed by atoms with E-state index in [1.54, 1.807) is 0 Å². The van der Waals surface area contributed by atoms with Gasteiger partial charge in [-0.1, -0.05) is 26.7 Å². The highest BCUT2D eigenvalue weighted by Gasteiger charge is 2.24. The van der Waals surface area contributed by atoms with Crippen LogP contribution < -0.4 is 10.2 Å². The molecule has 3 N–H and O–H groups in total. The second-order valence-corrected chi connectivity index (χ2v) is 5.01. The smallest absolute Gasteiger partial charge is 0.127 e. The lowest BCUT2D eigenvalue weighted by molar-refractivity contribution is -0.967. The van der Waals surface area contributed by atoms with Gasteiger partial charge in [-0.15, -0.1) is 0 Å². The third-order valence-electron chi connectivity index (χ3n) is 3.73. The van der Waals surface area contributed by atoms with Crippen molar-refractivity contribution in [3.05, 3.63) is 0 Å². The molecule has 0 amide bonds. The lowest BCUT2D eigenvalue weighted by Crippen LogP contribution is -3.23. The van der Waals surface area contributed by atoms with E-state index in [1.807, 2.05) is 4.90 Å². The molecule has 1 heterocycles. The number of nitrogens with one attached hydrogen (secondary N) is 1. The average molecular weight is 214 g/mol. The second kappa shape index (κ2) is 8.12. The zero-order chi connectivity index (χ0) is 10.9. The fraction of sp³-hybridized carbons (Fsp3) is 1.00. The van der Waals surface area contributed by atoms with Gasteiger partial charge in [-0.05, 0) is 25.7 Å². The summed E-state index contributed by atoms with van der Waals surface area (Å²) in [5, 5.41) is 2.47. The van der Waals surface area contributed by atoms with Gasteiger partial charge >= 0.3 is 0 Å². The van der Waals surface area contributed by atoms with Gasteiger partial charge in [0.05, 0.1) is 6.04 Å². The molecule has 0 aliphatic carbocycles. The summed E-state index contributed by atoms with van der Waals surface area (Å²) in [7, 11) is 0. The van der Waals surface area contributed by atoms with Gasteiger partial charge in [0.2, 0.25) is 0 Å². The average Bonchev–Trinajstić information content (AvgIpc) is 2.30. The predicted molar refractivity (Wildman–Crippen MR) is 65.2 cm³/mol. The first kappa shape index (κ1) is 13.0. The normalized spacial score (nSPS) is 18.6. The fourth-order valence-electron chi connectivity index (χ4n) is 2.71. The van der Waals surface area contributed by atoms with Crippen LogP contribution in [0, 0.1) is 0 Å². The van der Waals surface area contributed by atoms with E-state index < -0.39 is 0 Å². The summed E-state index contributed by atoms with van der Waals surface area (Å²) in [6.07, 6.45) is 8.52. The Morgan fingerprint density at radius 2 is 1.53 bits per heavy atom. The maximum absolute atomic E-state index is 2.47. The molecule has 1 saturated heterocycles. The molecule has 15 heavy (non-hydrogen) atoms. The number of unbranched alkanes of at least 4 members (excludes halogenated alkanes) is 2. The molecule has 0 spiro atoms. The first-order valence-electron chi connectivity index (χ1n) is 7.04. The minimum Gasteiger partial charge on any atom is -0.337 e. The van der Waals surface area contributed by atoms with Crippen molar-refractivity contribution in [3.63, 3.8) is 0 Å².